The zero-order valence-corrected chi connectivity index (χ0v) is 19.4. The maximum absolute atomic E-state index is 14.0. The second-order valence-corrected chi connectivity index (χ2v) is 8.65. The smallest absolute Gasteiger partial charge is 0.262 e. The Kier molecular flexibility index (Phi) is 6.14. The van der Waals surface area contributed by atoms with Crippen LogP contribution in [0.4, 0.5) is 15.8 Å². The molecule has 0 fully saturated rings. The SMILES string of the molecule is O=C1c2ccccc2N[C@@H](c2ccc(OCc3c(F)cccc3Cl)cc2)N1c1ccc(Cl)cc1. The van der Waals surface area contributed by atoms with Crippen molar-refractivity contribution in [2.45, 2.75) is 12.8 Å². The number of anilines is 2. The van der Waals surface area contributed by atoms with Gasteiger partial charge < -0.3 is 10.1 Å². The first-order valence-corrected chi connectivity index (χ1v) is 11.4. The monoisotopic (exact) mass is 492 g/mol. The van der Waals surface area contributed by atoms with Crippen LogP contribution < -0.4 is 15.0 Å². The molecular formula is C27H19Cl2FN2O2. The summed E-state index contributed by atoms with van der Waals surface area (Å²) >= 11 is 12.2. The largest absolute Gasteiger partial charge is 0.489 e. The van der Waals surface area contributed by atoms with Crippen LogP contribution in [0.1, 0.15) is 27.7 Å². The molecule has 0 aromatic heterocycles. The molecule has 5 rings (SSSR count). The Morgan fingerprint density at radius 3 is 2.35 bits per heavy atom. The first-order chi connectivity index (χ1) is 16.5. The molecule has 0 saturated heterocycles. The van der Waals surface area contributed by atoms with Crippen molar-refractivity contribution in [1.82, 2.24) is 0 Å². The highest BCUT2D eigenvalue weighted by molar-refractivity contribution is 6.31. The zero-order valence-electron chi connectivity index (χ0n) is 17.8. The number of hydrogen-bond acceptors (Lipinski definition) is 3. The predicted octanol–water partition coefficient (Wildman–Crippen LogP) is 7.48. The van der Waals surface area contributed by atoms with Crippen molar-refractivity contribution in [1.29, 1.82) is 0 Å². The molecule has 7 heteroatoms. The van der Waals surface area contributed by atoms with Crippen molar-refractivity contribution in [2.75, 3.05) is 10.2 Å². The zero-order chi connectivity index (χ0) is 23.7. The Bertz CT molecular complexity index is 1320. The summed E-state index contributed by atoms with van der Waals surface area (Å²) in [6.07, 6.45) is -0.446. The lowest BCUT2D eigenvalue weighted by atomic mass is 10.0. The number of carbonyl (C=O) groups excluding carboxylic acids is 1. The van der Waals surface area contributed by atoms with Crippen LogP contribution in [0, 0.1) is 5.82 Å². The third kappa shape index (κ3) is 4.32. The normalized spacial score (nSPS) is 15.0. The maximum Gasteiger partial charge on any atom is 0.262 e. The molecule has 1 heterocycles. The fourth-order valence-corrected chi connectivity index (χ4v) is 4.27. The second kappa shape index (κ2) is 9.37. The molecule has 4 aromatic rings. The quantitative estimate of drug-likeness (QED) is 0.313. The maximum atomic E-state index is 14.0. The van der Waals surface area contributed by atoms with Gasteiger partial charge in [-0.3, -0.25) is 9.69 Å². The molecule has 0 aliphatic carbocycles. The van der Waals surface area contributed by atoms with E-state index in [0.717, 1.165) is 16.9 Å². The molecule has 170 valence electrons. The summed E-state index contributed by atoms with van der Waals surface area (Å²) in [5.41, 5.74) is 3.23. The molecule has 1 aliphatic heterocycles. The van der Waals surface area contributed by atoms with Gasteiger partial charge in [-0.2, -0.15) is 0 Å². The van der Waals surface area contributed by atoms with Crippen LogP contribution in [-0.4, -0.2) is 5.91 Å². The highest BCUT2D eigenvalue weighted by Gasteiger charge is 2.34. The topological polar surface area (TPSA) is 41.6 Å². The van der Waals surface area contributed by atoms with Crippen molar-refractivity contribution in [3.63, 3.8) is 0 Å². The lowest BCUT2D eigenvalue weighted by Gasteiger charge is -2.38. The molecular weight excluding hydrogens is 474 g/mol. The van der Waals surface area contributed by atoms with Gasteiger partial charge in [-0.05, 0) is 66.2 Å². The molecule has 1 N–H and O–H groups in total. The number of benzene rings is 4. The molecule has 0 radical (unpaired) electrons. The van der Waals surface area contributed by atoms with E-state index < -0.39 is 12.0 Å². The Morgan fingerprint density at radius 1 is 0.882 bits per heavy atom. The van der Waals surface area contributed by atoms with E-state index in [0.29, 0.717) is 26.9 Å². The van der Waals surface area contributed by atoms with E-state index in [1.54, 1.807) is 47.4 Å². The van der Waals surface area contributed by atoms with Crippen LogP contribution in [0.2, 0.25) is 10.0 Å². The van der Waals surface area contributed by atoms with Crippen LogP contribution in [0.5, 0.6) is 5.75 Å². The van der Waals surface area contributed by atoms with Crippen LogP contribution in [0.15, 0.2) is 91.0 Å². The number of para-hydroxylation sites is 1. The average molecular weight is 493 g/mol. The summed E-state index contributed by atoms with van der Waals surface area (Å²) in [4.78, 5) is 15.2. The van der Waals surface area contributed by atoms with E-state index >= 15 is 0 Å². The number of ether oxygens (including phenoxy) is 1. The summed E-state index contributed by atoms with van der Waals surface area (Å²) < 4.78 is 19.8. The number of hydrogen-bond donors (Lipinski definition) is 1. The summed E-state index contributed by atoms with van der Waals surface area (Å²) in [5.74, 6) is 0.0335. The van der Waals surface area contributed by atoms with Crippen LogP contribution >= 0.6 is 23.2 Å². The van der Waals surface area contributed by atoms with Gasteiger partial charge in [0.25, 0.3) is 5.91 Å². The number of nitrogens with one attached hydrogen (secondary N) is 1. The molecule has 0 unspecified atom stereocenters. The van der Waals surface area contributed by atoms with Gasteiger partial charge in [-0.15, -0.1) is 0 Å². The van der Waals surface area contributed by atoms with Gasteiger partial charge in [-0.1, -0.05) is 53.5 Å². The first-order valence-electron chi connectivity index (χ1n) is 10.6. The fraction of sp³-hybridized carbons (Fsp3) is 0.0741. The van der Waals surface area contributed by atoms with Gasteiger partial charge in [0.05, 0.1) is 10.6 Å². The van der Waals surface area contributed by atoms with E-state index in [-0.39, 0.29) is 12.5 Å². The summed E-state index contributed by atoms with van der Waals surface area (Å²) in [7, 11) is 0. The molecule has 1 amide bonds. The van der Waals surface area contributed by atoms with E-state index in [2.05, 4.69) is 5.32 Å². The van der Waals surface area contributed by atoms with Gasteiger partial charge in [0, 0.05) is 22.0 Å². The molecule has 4 nitrogen and oxygen atoms in total. The second-order valence-electron chi connectivity index (χ2n) is 7.80. The van der Waals surface area contributed by atoms with E-state index in [9.17, 15) is 9.18 Å². The molecule has 1 aliphatic rings. The van der Waals surface area contributed by atoms with Gasteiger partial charge in [-0.25, -0.2) is 4.39 Å². The number of nitrogens with zero attached hydrogens (tertiary/aromatic N) is 1. The number of halogens is 3. The third-order valence-electron chi connectivity index (χ3n) is 5.67. The van der Waals surface area contributed by atoms with Crippen molar-refractivity contribution in [2.24, 2.45) is 0 Å². The number of amides is 1. The minimum absolute atomic E-state index is 0.00922. The predicted molar refractivity (Wildman–Crippen MR) is 133 cm³/mol. The number of carbonyl (C=O) groups is 1. The lowest BCUT2D eigenvalue weighted by Crippen LogP contribution is -2.43. The standard InChI is InChI=1S/C27H19Cl2FN2O2/c28-18-10-12-19(13-11-18)32-26(31-25-7-2-1-4-21(25)27(32)33)17-8-14-20(15-9-17)34-16-22-23(29)5-3-6-24(22)30/h1-15,26,31H,16H2/t26-/m1/s1. The van der Waals surface area contributed by atoms with E-state index in [4.69, 9.17) is 27.9 Å². The van der Waals surface area contributed by atoms with E-state index in [1.165, 1.54) is 6.07 Å². The minimum atomic E-state index is -0.446. The van der Waals surface area contributed by atoms with E-state index in [1.807, 2.05) is 42.5 Å². The highest BCUT2D eigenvalue weighted by atomic mass is 35.5. The summed E-state index contributed by atoms with van der Waals surface area (Å²) in [6.45, 7) is 0.00922. The third-order valence-corrected chi connectivity index (χ3v) is 6.28. The average Bonchev–Trinajstić information content (AvgIpc) is 2.85. The van der Waals surface area contributed by atoms with Crippen molar-refractivity contribution in [3.8, 4) is 5.75 Å². The van der Waals surface area contributed by atoms with Crippen molar-refractivity contribution >= 4 is 40.5 Å². The number of rotatable bonds is 5. The Labute approximate surface area is 206 Å². The molecule has 0 bridgehead atoms. The Morgan fingerprint density at radius 2 is 1.62 bits per heavy atom. The molecule has 0 saturated carbocycles. The van der Waals surface area contributed by atoms with Gasteiger partial charge in [0.2, 0.25) is 0 Å². The Hall–Kier alpha value is -3.54. The van der Waals surface area contributed by atoms with Crippen molar-refractivity contribution < 1.29 is 13.9 Å². The fourth-order valence-electron chi connectivity index (χ4n) is 3.93. The summed E-state index contributed by atoms with van der Waals surface area (Å²) in [5, 5.41) is 4.37. The lowest BCUT2D eigenvalue weighted by molar-refractivity contribution is 0.0975. The summed E-state index contributed by atoms with van der Waals surface area (Å²) in [6, 6.07) is 26.4. The van der Waals surface area contributed by atoms with Crippen LogP contribution in [0.3, 0.4) is 0 Å². The van der Waals surface area contributed by atoms with Gasteiger partial charge >= 0.3 is 0 Å². The van der Waals surface area contributed by atoms with Crippen LogP contribution in [0.25, 0.3) is 0 Å². The molecule has 1 atom stereocenters. The first kappa shape index (κ1) is 22.3. The highest BCUT2D eigenvalue weighted by Crippen LogP contribution is 2.37. The molecule has 34 heavy (non-hydrogen) atoms. The minimum Gasteiger partial charge on any atom is -0.489 e. The Balaban J connectivity index is 1.43. The van der Waals surface area contributed by atoms with Gasteiger partial charge in [0.1, 0.15) is 24.3 Å². The molecule has 4 aromatic carbocycles. The number of fused-ring (bicyclic) bond motifs is 1. The van der Waals surface area contributed by atoms with Crippen LogP contribution in [-0.2, 0) is 6.61 Å². The molecule has 0 spiro atoms. The van der Waals surface area contributed by atoms with Crippen molar-refractivity contribution in [3.05, 3.63) is 124 Å². The van der Waals surface area contributed by atoms with Gasteiger partial charge in [0.15, 0.2) is 0 Å².